The molecule has 2 aromatic rings. The summed E-state index contributed by atoms with van der Waals surface area (Å²) in [5.41, 5.74) is 2.20. The maximum Gasteiger partial charge on any atom is 0.264 e. The average Bonchev–Trinajstić information content (AvgIpc) is 2.53. The first kappa shape index (κ1) is 18.9. The average molecular weight is 341 g/mol. The Morgan fingerprint density at radius 2 is 1.72 bits per heavy atom. The second-order valence-corrected chi connectivity index (χ2v) is 7.46. The summed E-state index contributed by atoms with van der Waals surface area (Å²) in [7, 11) is 1.70. The lowest BCUT2D eigenvalue weighted by atomic mass is 9.95. The summed E-state index contributed by atoms with van der Waals surface area (Å²) in [5.74, 6) is 0.274. The van der Waals surface area contributed by atoms with Crippen molar-refractivity contribution >= 4 is 5.91 Å². The van der Waals surface area contributed by atoms with Gasteiger partial charge in [-0.25, -0.2) is 4.98 Å². The molecule has 0 bridgehead atoms. The molecule has 25 heavy (non-hydrogen) atoms. The van der Waals surface area contributed by atoms with E-state index in [0.29, 0.717) is 18.1 Å². The maximum atomic E-state index is 12.7. The van der Waals surface area contributed by atoms with Gasteiger partial charge in [-0.1, -0.05) is 52.0 Å². The van der Waals surface area contributed by atoms with Crippen molar-refractivity contribution in [3.8, 4) is 0 Å². The third-order valence-corrected chi connectivity index (χ3v) is 4.22. The van der Waals surface area contributed by atoms with E-state index in [1.807, 2.05) is 32.9 Å². The van der Waals surface area contributed by atoms with Crippen LogP contribution < -0.4 is 5.56 Å². The molecule has 5 nitrogen and oxygen atoms in total. The Bertz CT molecular complexity index is 814. The Morgan fingerprint density at radius 3 is 2.20 bits per heavy atom. The van der Waals surface area contributed by atoms with Crippen molar-refractivity contribution in [1.82, 2.24) is 14.9 Å². The minimum absolute atomic E-state index is 0.112. The Hall–Kier alpha value is -2.43. The minimum Gasteiger partial charge on any atom is -0.337 e. The normalized spacial score (nSPS) is 11.4. The van der Waals surface area contributed by atoms with E-state index in [9.17, 15) is 9.59 Å². The van der Waals surface area contributed by atoms with Gasteiger partial charge in [0.15, 0.2) is 0 Å². The van der Waals surface area contributed by atoms with Gasteiger partial charge in [0.05, 0.1) is 5.69 Å². The Kier molecular flexibility index (Phi) is 5.45. The lowest BCUT2D eigenvalue weighted by molar-refractivity contribution is 0.0781. The zero-order valence-corrected chi connectivity index (χ0v) is 15.9. The fraction of sp³-hybridized carbons (Fsp3) is 0.450. The van der Waals surface area contributed by atoms with E-state index in [1.165, 1.54) is 5.56 Å². The van der Waals surface area contributed by atoms with E-state index in [2.05, 4.69) is 29.0 Å². The zero-order valence-electron chi connectivity index (χ0n) is 15.9. The van der Waals surface area contributed by atoms with Crippen LogP contribution in [0.2, 0.25) is 0 Å². The van der Waals surface area contributed by atoms with Crippen molar-refractivity contribution in [3.05, 3.63) is 62.8 Å². The van der Waals surface area contributed by atoms with Crippen LogP contribution in [0.4, 0.5) is 0 Å². The minimum atomic E-state index is -0.379. The number of H-pyrrole nitrogens is 1. The van der Waals surface area contributed by atoms with Gasteiger partial charge in [-0.15, -0.1) is 0 Å². The molecule has 0 aliphatic heterocycles. The molecule has 134 valence electrons. The fourth-order valence-corrected chi connectivity index (χ4v) is 2.61. The van der Waals surface area contributed by atoms with Crippen LogP contribution in [0.3, 0.4) is 0 Å². The van der Waals surface area contributed by atoms with Crippen molar-refractivity contribution in [2.45, 2.75) is 53.0 Å². The van der Waals surface area contributed by atoms with Crippen LogP contribution in [-0.2, 0) is 18.4 Å². The number of aromatic amines is 1. The standard InChI is InChI=1S/C20H27N3O2/c1-7-14-8-10-15(11-9-14)12-23(6)18(25)16-13(2)21-19(20(3,4)5)22-17(16)24/h8-11H,7,12H2,1-6H3,(H,21,22,24). The number of rotatable bonds is 4. The molecule has 0 unspecified atom stereocenters. The molecule has 1 aromatic heterocycles. The second kappa shape index (κ2) is 7.21. The number of aromatic nitrogens is 2. The molecule has 0 saturated carbocycles. The highest BCUT2D eigenvalue weighted by Gasteiger charge is 2.24. The summed E-state index contributed by atoms with van der Waals surface area (Å²) >= 11 is 0. The lowest BCUT2D eigenvalue weighted by Gasteiger charge is -2.21. The quantitative estimate of drug-likeness (QED) is 0.928. The third kappa shape index (κ3) is 4.35. The SMILES string of the molecule is CCc1ccc(CN(C)C(=O)c2c(C)nc(C(C)(C)C)[nH]c2=O)cc1. The molecular formula is C20H27N3O2. The van der Waals surface area contributed by atoms with E-state index >= 15 is 0 Å². The fourth-order valence-electron chi connectivity index (χ4n) is 2.61. The molecule has 0 fully saturated rings. The predicted octanol–water partition coefficient (Wildman–Crippen LogP) is 3.21. The van der Waals surface area contributed by atoms with Gasteiger partial charge in [0.25, 0.3) is 11.5 Å². The maximum absolute atomic E-state index is 12.7. The smallest absolute Gasteiger partial charge is 0.264 e. The topological polar surface area (TPSA) is 66.1 Å². The molecule has 5 heteroatoms. The molecule has 0 saturated heterocycles. The van der Waals surface area contributed by atoms with Gasteiger partial charge < -0.3 is 9.88 Å². The molecule has 0 atom stereocenters. The molecule has 0 spiro atoms. The van der Waals surface area contributed by atoms with Crippen LogP contribution in [0.25, 0.3) is 0 Å². The van der Waals surface area contributed by atoms with Crippen molar-refractivity contribution in [2.24, 2.45) is 0 Å². The van der Waals surface area contributed by atoms with E-state index in [1.54, 1.807) is 18.9 Å². The number of hydrogen-bond acceptors (Lipinski definition) is 3. The number of carbonyl (C=O) groups is 1. The van der Waals surface area contributed by atoms with Crippen LogP contribution in [0.15, 0.2) is 29.1 Å². The van der Waals surface area contributed by atoms with Crippen LogP contribution >= 0.6 is 0 Å². The van der Waals surface area contributed by atoms with Crippen molar-refractivity contribution in [1.29, 1.82) is 0 Å². The first-order chi connectivity index (χ1) is 11.6. The van der Waals surface area contributed by atoms with Gasteiger partial charge in [-0.3, -0.25) is 9.59 Å². The Morgan fingerprint density at radius 1 is 1.16 bits per heavy atom. The van der Waals surface area contributed by atoms with Crippen molar-refractivity contribution in [2.75, 3.05) is 7.05 Å². The highest BCUT2D eigenvalue weighted by Crippen LogP contribution is 2.18. The van der Waals surface area contributed by atoms with E-state index < -0.39 is 0 Å². The van der Waals surface area contributed by atoms with Gasteiger partial charge in [0.2, 0.25) is 0 Å². The lowest BCUT2D eigenvalue weighted by Crippen LogP contribution is -2.34. The molecule has 1 aromatic carbocycles. The number of amides is 1. The van der Waals surface area contributed by atoms with Gasteiger partial charge in [-0.2, -0.15) is 0 Å². The summed E-state index contributed by atoms with van der Waals surface area (Å²) in [6.45, 7) is 10.2. The molecule has 1 heterocycles. The summed E-state index contributed by atoms with van der Waals surface area (Å²) in [4.78, 5) is 33.9. The van der Waals surface area contributed by atoms with Gasteiger partial charge in [0.1, 0.15) is 11.4 Å². The molecule has 0 aliphatic carbocycles. The number of aryl methyl sites for hydroxylation is 2. The molecule has 1 amide bonds. The second-order valence-electron chi connectivity index (χ2n) is 7.46. The Labute approximate surface area is 149 Å². The highest BCUT2D eigenvalue weighted by molar-refractivity contribution is 5.94. The van der Waals surface area contributed by atoms with Gasteiger partial charge in [-0.05, 0) is 24.5 Å². The number of carbonyl (C=O) groups excluding carboxylic acids is 1. The summed E-state index contributed by atoms with van der Waals surface area (Å²) in [5, 5.41) is 0. The first-order valence-corrected chi connectivity index (χ1v) is 8.58. The van der Waals surface area contributed by atoms with Gasteiger partial charge >= 0.3 is 0 Å². The first-order valence-electron chi connectivity index (χ1n) is 8.58. The monoisotopic (exact) mass is 341 g/mol. The van der Waals surface area contributed by atoms with E-state index in [4.69, 9.17) is 0 Å². The summed E-state index contributed by atoms with van der Waals surface area (Å²) < 4.78 is 0. The largest absolute Gasteiger partial charge is 0.337 e. The van der Waals surface area contributed by atoms with Crippen LogP contribution in [0.5, 0.6) is 0 Å². The van der Waals surface area contributed by atoms with Crippen LogP contribution in [0.1, 0.15) is 60.7 Å². The number of nitrogens with zero attached hydrogens (tertiary/aromatic N) is 2. The molecule has 0 radical (unpaired) electrons. The third-order valence-electron chi connectivity index (χ3n) is 4.22. The summed E-state index contributed by atoms with van der Waals surface area (Å²) in [6.07, 6.45) is 0.982. The van der Waals surface area contributed by atoms with E-state index in [0.717, 1.165) is 12.0 Å². The van der Waals surface area contributed by atoms with Crippen molar-refractivity contribution in [3.63, 3.8) is 0 Å². The van der Waals surface area contributed by atoms with Gasteiger partial charge in [0, 0.05) is 19.0 Å². The highest BCUT2D eigenvalue weighted by atomic mass is 16.2. The Balaban J connectivity index is 2.25. The predicted molar refractivity (Wildman–Crippen MR) is 99.9 cm³/mol. The van der Waals surface area contributed by atoms with Crippen molar-refractivity contribution < 1.29 is 4.79 Å². The zero-order chi connectivity index (χ0) is 18.8. The number of nitrogens with one attached hydrogen (secondary N) is 1. The number of benzene rings is 1. The molecule has 2 rings (SSSR count). The molecular weight excluding hydrogens is 314 g/mol. The van der Waals surface area contributed by atoms with Crippen LogP contribution in [0, 0.1) is 6.92 Å². The molecule has 1 N–H and O–H groups in total. The number of hydrogen-bond donors (Lipinski definition) is 1. The molecule has 0 aliphatic rings. The van der Waals surface area contributed by atoms with Crippen LogP contribution in [-0.4, -0.2) is 27.8 Å². The van der Waals surface area contributed by atoms with E-state index in [-0.39, 0.29) is 22.4 Å². The summed E-state index contributed by atoms with van der Waals surface area (Å²) in [6, 6.07) is 8.15.